The van der Waals surface area contributed by atoms with Crippen LogP contribution >= 0.6 is 0 Å². The molecule has 0 aromatic heterocycles. The molecule has 0 aliphatic heterocycles. The van der Waals surface area contributed by atoms with E-state index in [-0.39, 0.29) is 5.54 Å². The zero-order chi connectivity index (χ0) is 8.48. The summed E-state index contributed by atoms with van der Waals surface area (Å²) < 4.78 is 0. The second-order valence-electron chi connectivity index (χ2n) is 4.16. The smallest absolute Gasteiger partial charge is 0.0217 e. The lowest BCUT2D eigenvalue weighted by Gasteiger charge is -2.29. The second-order valence-corrected chi connectivity index (χ2v) is 4.16. The molecule has 2 unspecified atom stereocenters. The molecule has 0 aromatic rings. The van der Waals surface area contributed by atoms with E-state index in [1.54, 1.807) is 0 Å². The van der Waals surface area contributed by atoms with Gasteiger partial charge in [0.1, 0.15) is 0 Å². The van der Waals surface area contributed by atoms with Gasteiger partial charge in [-0.25, -0.2) is 0 Å². The number of rotatable bonds is 2. The van der Waals surface area contributed by atoms with Crippen LogP contribution in [0.25, 0.3) is 0 Å². The van der Waals surface area contributed by atoms with Crippen LogP contribution in [0.1, 0.15) is 39.5 Å². The first-order chi connectivity index (χ1) is 5.04. The van der Waals surface area contributed by atoms with Gasteiger partial charge in [0.15, 0.2) is 0 Å². The lowest BCUT2D eigenvalue weighted by molar-refractivity contribution is 0.336. The minimum atomic E-state index is 0.0752. The lowest BCUT2D eigenvalue weighted by atomic mass is 9.84. The molecule has 1 rings (SSSR count). The molecule has 0 heterocycles. The molecule has 11 heavy (non-hydrogen) atoms. The Kier molecular flexibility index (Phi) is 2.38. The molecule has 0 bridgehead atoms. The largest absolute Gasteiger partial charge is 0.325 e. The molecular weight excluding hydrogens is 134 g/mol. The molecular formula is C10H19N. The Labute approximate surface area is 69.7 Å². The Bertz CT molecular complexity index is 162. The van der Waals surface area contributed by atoms with E-state index < -0.39 is 0 Å². The molecule has 0 amide bonds. The summed E-state index contributed by atoms with van der Waals surface area (Å²) in [4.78, 5) is 0. The van der Waals surface area contributed by atoms with E-state index in [1.165, 1.54) is 24.8 Å². The van der Waals surface area contributed by atoms with Gasteiger partial charge in [-0.3, -0.25) is 0 Å². The van der Waals surface area contributed by atoms with Crippen LogP contribution in [0.3, 0.4) is 0 Å². The highest BCUT2D eigenvalue weighted by atomic mass is 14.8. The van der Waals surface area contributed by atoms with Gasteiger partial charge >= 0.3 is 0 Å². The molecule has 2 N–H and O–H groups in total. The van der Waals surface area contributed by atoms with Crippen molar-refractivity contribution in [1.29, 1.82) is 0 Å². The summed E-state index contributed by atoms with van der Waals surface area (Å²) in [6.07, 6.45) is 4.78. The predicted octanol–water partition coefficient (Wildman–Crippen LogP) is 2.47. The van der Waals surface area contributed by atoms with Gasteiger partial charge in [0.25, 0.3) is 0 Å². The Hall–Kier alpha value is -0.300. The van der Waals surface area contributed by atoms with Crippen molar-refractivity contribution in [2.45, 2.75) is 45.1 Å². The highest BCUT2D eigenvalue weighted by Gasteiger charge is 2.35. The zero-order valence-electron chi connectivity index (χ0n) is 7.69. The van der Waals surface area contributed by atoms with Gasteiger partial charge in [0.05, 0.1) is 0 Å². The highest BCUT2D eigenvalue weighted by Crippen LogP contribution is 2.37. The van der Waals surface area contributed by atoms with E-state index in [4.69, 9.17) is 5.73 Å². The maximum atomic E-state index is 6.24. The van der Waals surface area contributed by atoms with Gasteiger partial charge in [0, 0.05) is 5.54 Å². The quantitative estimate of drug-likeness (QED) is 0.606. The summed E-state index contributed by atoms with van der Waals surface area (Å²) in [6, 6.07) is 0. The normalized spacial score (nSPS) is 37.5. The van der Waals surface area contributed by atoms with Crippen LogP contribution in [0.4, 0.5) is 0 Å². The number of hydrogen-bond donors (Lipinski definition) is 1. The lowest BCUT2D eigenvalue weighted by Crippen LogP contribution is -2.42. The van der Waals surface area contributed by atoms with Crippen LogP contribution in [-0.2, 0) is 0 Å². The first kappa shape index (κ1) is 8.79. The molecule has 1 aliphatic rings. The summed E-state index contributed by atoms with van der Waals surface area (Å²) >= 11 is 0. The minimum absolute atomic E-state index is 0.0752. The number of nitrogens with two attached hydrogens (primary N) is 1. The van der Waals surface area contributed by atoms with Gasteiger partial charge in [-0.05, 0) is 32.1 Å². The zero-order valence-corrected chi connectivity index (χ0v) is 7.69. The molecule has 0 saturated heterocycles. The molecule has 1 saturated carbocycles. The molecule has 0 aromatic carbocycles. The van der Waals surface area contributed by atoms with E-state index >= 15 is 0 Å². The van der Waals surface area contributed by atoms with Crippen molar-refractivity contribution in [3.8, 4) is 0 Å². The van der Waals surface area contributed by atoms with Crippen molar-refractivity contribution < 1.29 is 0 Å². The van der Waals surface area contributed by atoms with Crippen LogP contribution in [0.5, 0.6) is 0 Å². The van der Waals surface area contributed by atoms with Crippen molar-refractivity contribution in [3.63, 3.8) is 0 Å². The molecule has 0 spiro atoms. The summed E-state index contributed by atoms with van der Waals surface area (Å²) in [7, 11) is 0. The highest BCUT2D eigenvalue weighted by molar-refractivity contribution is 5.04. The monoisotopic (exact) mass is 153 g/mol. The maximum Gasteiger partial charge on any atom is 0.0217 e. The number of hydrogen-bond acceptors (Lipinski definition) is 1. The Morgan fingerprint density at radius 1 is 1.73 bits per heavy atom. The van der Waals surface area contributed by atoms with Gasteiger partial charge in [-0.2, -0.15) is 0 Å². The third-order valence-electron chi connectivity index (χ3n) is 2.89. The Morgan fingerprint density at radius 2 is 2.36 bits per heavy atom. The van der Waals surface area contributed by atoms with E-state index in [9.17, 15) is 0 Å². The average Bonchev–Trinajstić information content (AvgIpc) is 2.11. The molecule has 0 radical (unpaired) electrons. The first-order valence-electron chi connectivity index (χ1n) is 4.48. The van der Waals surface area contributed by atoms with Crippen molar-refractivity contribution in [3.05, 3.63) is 12.2 Å². The van der Waals surface area contributed by atoms with Crippen molar-refractivity contribution in [1.82, 2.24) is 0 Å². The first-order valence-corrected chi connectivity index (χ1v) is 4.48. The van der Waals surface area contributed by atoms with Gasteiger partial charge in [-0.1, -0.05) is 18.9 Å². The van der Waals surface area contributed by atoms with Crippen LogP contribution < -0.4 is 5.73 Å². The van der Waals surface area contributed by atoms with Crippen LogP contribution in [-0.4, -0.2) is 5.54 Å². The van der Waals surface area contributed by atoms with Crippen molar-refractivity contribution >= 4 is 0 Å². The van der Waals surface area contributed by atoms with Crippen LogP contribution in [0.15, 0.2) is 12.2 Å². The van der Waals surface area contributed by atoms with Crippen LogP contribution in [0.2, 0.25) is 0 Å². The SMILES string of the molecule is C=C(C)CC1(N)CCCC1C. The third-order valence-corrected chi connectivity index (χ3v) is 2.89. The van der Waals surface area contributed by atoms with Gasteiger partial charge in [0.2, 0.25) is 0 Å². The summed E-state index contributed by atoms with van der Waals surface area (Å²) in [5.41, 5.74) is 7.54. The topological polar surface area (TPSA) is 26.0 Å². The van der Waals surface area contributed by atoms with Crippen molar-refractivity contribution in [2.24, 2.45) is 11.7 Å². The molecule has 2 atom stereocenters. The summed E-state index contributed by atoms with van der Waals surface area (Å²) in [5.74, 6) is 0.680. The van der Waals surface area contributed by atoms with Gasteiger partial charge in [-0.15, -0.1) is 6.58 Å². The minimum Gasteiger partial charge on any atom is -0.325 e. The van der Waals surface area contributed by atoms with Crippen molar-refractivity contribution in [2.75, 3.05) is 0 Å². The Morgan fingerprint density at radius 3 is 2.73 bits per heavy atom. The Balaban J connectivity index is 2.58. The average molecular weight is 153 g/mol. The third kappa shape index (κ3) is 1.84. The standard InChI is InChI=1S/C10H19N/c1-8(2)7-10(11)6-4-5-9(10)3/h9H,1,4-7,11H2,2-3H3. The molecule has 1 nitrogen and oxygen atoms in total. The van der Waals surface area contributed by atoms with E-state index in [2.05, 4.69) is 20.4 Å². The van der Waals surface area contributed by atoms with Crippen LogP contribution in [0, 0.1) is 5.92 Å². The predicted molar refractivity (Wildman–Crippen MR) is 49.4 cm³/mol. The second kappa shape index (κ2) is 2.98. The maximum absolute atomic E-state index is 6.24. The molecule has 1 aliphatic carbocycles. The van der Waals surface area contributed by atoms with Gasteiger partial charge < -0.3 is 5.73 Å². The fourth-order valence-corrected chi connectivity index (χ4v) is 2.10. The van der Waals surface area contributed by atoms with E-state index in [0.717, 1.165) is 6.42 Å². The van der Waals surface area contributed by atoms with E-state index in [0.29, 0.717) is 5.92 Å². The molecule has 64 valence electrons. The fraction of sp³-hybridized carbons (Fsp3) is 0.800. The fourth-order valence-electron chi connectivity index (χ4n) is 2.10. The molecule has 1 fully saturated rings. The molecule has 1 heteroatoms. The summed E-state index contributed by atoms with van der Waals surface area (Å²) in [5, 5.41) is 0. The van der Waals surface area contributed by atoms with E-state index in [1.807, 2.05) is 0 Å². The summed E-state index contributed by atoms with van der Waals surface area (Å²) in [6.45, 7) is 8.25.